The van der Waals surface area contributed by atoms with Gasteiger partial charge in [-0.1, -0.05) is 22.0 Å². The van der Waals surface area contributed by atoms with Crippen molar-refractivity contribution >= 4 is 21.8 Å². The third-order valence-electron chi connectivity index (χ3n) is 3.18. The van der Waals surface area contributed by atoms with E-state index in [0.717, 1.165) is 35.5 Å². The van der Waals surface area contributed by atoms with Gasteiger partial charge in [-0.05, 0) is 24.6 Å². The Hall–Kier alpha value is -1.69. The first kappa shape index (κ1) is 12.3. The second kappa shape index (κ2) is 5.13. The van der Waals surface area contributed by atoms with Crippen LogP contribution in [0.1, 0.15) is 28.4 Å². The summed E-state index contributed by atoms with van der Waals surface area (Å²) in [5.74, 6) is 1.75. The Kier molecular flexibility index (Phi) is 3.33. The highest BCUT2D eigenvalue weighted by molar-refractivity contribution is 9.10. The van der Waals surface area contributed by atoms with Crippen molar-refractivity contribution in [2.24, 2.45) is 0 Å². The lowest BCUT2D eigenvalue weighted by atomic mass is 10.2. The number of nitrogens with zero attached hydrogens (tertiary/aromatic N) is 3. The minimum absolute atomic E-state index is 0.100. The Labute approximate surface area is 119 Å². The van der Waals surface area contributed by atoms with Crippen molar-refractivity contribution in [3.63, 3.8) is 0 Å². The first-order valence-electron chi connectivity index (χ1n) is 6.19. The molecule has 1 aliphatic rings. The van der Waals surface area contributed by atoms with Gasteiger partial charge in [-0.15, -0.1) is 10.2 Å². The summed E-state index contributed by atoms with van der Waals surface area (Å²) in [5.41, 5.74) is 0.635. The molecule has 0 saturated carbocycles. The lowest BCUT2D eigenvalue weighted by Crippen LogP contribution is -2.24. The van der Waals surface area contributed by atoms with Crippen LogP contribution in [0.15, 0.2) is 28.7 Å². The SMILES string of the molecule is O=C(NCc1nnc2n1CCC2)c1cccc(Br)c1. The van der Waals surface area contributed by atoms with E-state index in [1.165, 1.54) is 0 Å². The number of halogens is 1. The zero-order valence-corrected chi connectivity index (χ0v) is 11.9. The maximum absolute atomic E-state index is 12.0. The summed E-state index contributed by atoms with van der Waals surface area (Å²) in [4.78, 5) is 12.0. The van der Waals surface area contributed by atoms with Crippen molar-refractivity contribution in [2.75, 3.05) is 0 Å². The van der Waals surface area contributed by atoms with Gasteiger partial charge in [0, 0.05) is 23.0 Å². The van der Waals surface area contributed by atoms with Crippen LogP contribution in [0.25, 0.3) is 0 Å². The Balaban J connectivity index is 1.67. The zero-order valence-electron chi connectivity index (χ0n) is 10.3. The van der Waals surface area contributed by atoms with Gasteiger partial charge in [0.1, 0.15) is 5.82 Å². The van der Waals surface area contributed by atoms with E-state index in [-0.39, 0.29) is 5.91 Å². The molecule has 0 atom stereocenters. The van der Waals surface area contributed by atoms with Crippen LogP contribution in [0.4, 0.5) is 0 Å². The fraction of sp³-hybridized carbons (Fsp3) is 0.308. The Morgan fingerprint density at radius 1 is 1.42 bits per heavy atom. The Morgan fingerprint density at radius 2 is 2.32 bits per heavy atom. The van der Waals surface area contributed by atoms with Gasteiger partial charge in [-0.2, -0.15) is 0 Å². The van der Waals surface area contributed by atoms with Gasteiger partial charge in [-0.3, -0.25) is 4.79 Å². The average Bonchev–Trinajstić information content (AvgIpc) is 2.99. The molecular weight excluding hydrogens is 308 g/mol. The molecule has 0 bridgehead atoms. The lowest BCUT2D eigenvalue weighted by Gasteiger charge is -2.06. The summed E-state index contributed by atoms with van der Waals surface area (Å²) in [6.07, 6.45) is 2.09. The minimum Gasteiger partial charge on any atom is -0.345 e. The van der Waals surface area contributed by atoms with Crippen LogP contribution in [0.2, 0.25) is 0 Å². The van der Waals surface area contributed by atoms with Crippen molar-refractivity contribution in [1.29, 1.82) is 0 Å². The molecule has 0 unspecified atom stereocenters. The molecule has 3 rings (SSSR count). The molecule has 1 aromatic carbocycles. The maximum atomic E-state index is 12.0. The van der Waals surface area contributed by atoms with Crippen LogP contribution < -0.4 is 5.32 Å². The number of hydrogen-bond acceptors (Lipinski definition) is 3. The van der Waals surface area contributed by atoms with Crippen LogP contribution in [-0.2, 0) is 19.5 Å². The van der Waals surface area contributed by atoms with Crippen molar-refractivity contribution in [3.8, 4) is 0 Å². The van der Waals surface area contributed by atoms with Crippen LogP contribution in [0.5, 0.6) is 0 Å². The van der Waals surface area contributed by atoms with E-state index in [9.17, 15) is 4.79 Å². The number of fused-ring (bicyclic) bond motifs is 1. The molecule has 2 heterocycles. The van der Waals surface area contributed by atoms with E-state index in [1.807, 2.05) is 12.1 Å². The lowest BCUT2D eigenvalue weighted by molar-refractivity contribution is 0.0949. The largest absolute Gasteiger partial charge is 0.345 e. The van der Waals surface area contributed by atoms with Gasteiger partial charge in [0.05, 0.1) is 6.54 Å². The number of benzene rings is 1. The highest BCUT2D eigenvalue weighted by Crippen LogP contribution is 2.14. The molecule has 1 N–H and O–H groups in total. The minimum atomic E-state index is -0.100. The second-order valence-electron chi connectivity index (χ2n) is 4.48. The Bertz CT molecular complexity index is 623. The molecule has 2 aromatic rings. The number of aryl methyl sites for hydroxylation is 1. The first-order valence-corrected chi connectivity index (χ1v) is 6.98. The van der Waals surface area contributed by atoms with E-state index in [4.69, 9.17) is 0 Å². The van der Waals surface area contributed by atoms with Crippen LogP contribution >= 0.6 is 15.9 Å². The highest BCUT2D eigenvalue weighted by Gasteiger charge is 2.17. The molecular formula is C13H13BrN4O. The quantitative estimate of drug-likeness (QED) is 0.939. The predicted octanol–water partition coefficient (Wildman–Crippen LogP) is 1.92. The van der Waals surface area contributed by atoms with Gasteiger partial charge < -0.3 is 9.88 Å². The average molecular weight is 321 g/mol. The van der Waals surface area contributed by atoms with Crippen molar-refractivity contribution in [3.05, 3.63) is 46.0 Å². The summed E-state index contributed by atoms with van der Waals surface area (Å²) in [6.45, 7) is 1.36. The summed E-state index contributed by atoms with van der Waals surface area (Å²) >= 11 is 3.35. The smallest absolute Gasteiger partial charge is 0.251 e. The number of rotatable bonds is 3. The topological polar surface area (TPSA) is 59.8 Å². The number of carbonyl (C=O) groups excluding carboxylic acids is 1. The molecule has 1 aromatic heterocycles. The molecule has 19 heavy (non-hydrogen) atoms. The number of carbonyl (C=O) groups is 1. The molecule has 0 radical (unpaired) electrons. The third kappa shape index (κ3) is 2.53. The summed E-state index contributed by atoms with van der Waals surface area (Å²) in [5, 5.41) is 11.1. The first-order chi connectivity index (χ1) is 9.24. The van der Waals surface area contributed by atoms with Crippen molar-refractivity contribution < 1.29 is 4.79 Å². The van der Waals surface area contributed by atoms with E-state index < -0.39 is 0 Å². The number of amides is 1. The summed E-state index contributed by atoms with van der Waals surface area (Å²) < 4.78 is 2.98. The third-order valence-corrected chi connectivity index (χ3v) is 3.67. The molecule has 1 aliphatic heterocycles. The fourth-order valence-corrected chi connectivity index (χ4v) is 2.63. The van der Waals surface area contributed by atoms with Gasteiger partial charge >= 0.3 is 0 Å². The van der Waals surface area contributed by atoms with Crippen LogP contribution in [-0.4, -0.2) is 20.7 Å². The highest BCUT2D eigenvalue weighted by atomic mass is 79.9. The monoisotopic (exact) mass is 320 g/mol. The number of hydrogen-bond donors (Lipinski definition) is 1. The number of nitrogens with one attached hydrogen (secondary N) is 1. The van der Waals surface area contributed by atoms with Gasteiger partial charge in [0.2, 0.25) is 0 Å². The molecule has 6 heteroatoms. The molecule has 0 aliphatic carbocycles. The van der Waals surface area contributed by atoms with Gasteiger partial charge in [-0.25, -0.2) is 0 Å². The predicted molar refractivity (Wildman–Crippen MR) is 73.7 cm³/mol. The number of aromatic nitrogens is 3. The molecule has 0 saturated heterocycles. The molecule has 1 amide bonds. The standard InChI is InChI=1S/C13H13BrN4O/c14-10-4-1-3-9(7-10)13(19)15-8-12-17-16-11-5-2-6-18(11)12/h1,3-4,7H,2,5-6,8H2,(H,15,19). The van der Waals surface area contributed by atoms with Gasteiger partial charge in [0.25, 0.3) is 5.91 Å². The zero-order chi connectivity index (χ0) is 13.2. The van der Waals surface area contributed by atoms with Crippen molar-refractivity contribution in [1.82, 2.24) is 20.1 Å². The molecule has 5 nitrogen and oxygen atoms in total. The summed E-state index contributed by atoms with van der Waals surface area (Å²) in [7, 11) is 0. The van der Waals surface area contributed by atoms with E-state index in [2.05, 4.69) is 36.0 Å². The Morgan fingerprint density at radius 3 is 3.16 bits per heavy atom. The summed E-state index contributed by atoms with van der Waals surface area (Å²) in [6, 6.07) is 7.31. The van der Waals surface area contributed by atoms with Gasteiger partial charge in [0.15, 0.2) is 5.82 Å². The van der Waals surface area contributed by atoms with Crippen molar-refractivity contribution in [2.45, 2.75) is 25.9 Å². The molecule has 0 fully saturated rings. The van der Waals surface area contributed by atoms with E-state index in [1.54, 1.807) is 12.1 Å². The van der Waals surface area contributed by atoms with Crippen LogP contribution in [0, 0.1) is 0 Å². The molecule has 98 valence electrons. The molecule has 0 spiro atoms. The van der Waals surface area contributed by atoms with E-state index in [0.29, 0.717) is 12.1 Å². The fourth-order valence-electron chi connectivity index (χ4n) is 2.23. The maximum Gasteiger partial charge on any atom is 0.251 e. The second-order valence-corrected chi connectivity index (χ2v) is 5.40. The normalized spacial score (nSPS) is 13.3. The van der Waals surface area contributed by atoms with Crippen LogP contribution in [0.3, 0.4) is 0 Å². The van der Waals surface area contributed by atoms with E-state index >= 15 is 0 Å².